The predicted molar refractivity (Wildman–Crippen MR) is 135 cm³/mol. The van der Waals surface area contributed by atoms with Crippen LogP contribution in [0.1, 0.15) is 0 Å². The van der Waals surface area contributed by atoms with Crippen molar-refractivity contribution in [2.75, 3.05) is 16.0 Å². The maximum absolute atomic E-state index is 12.2. The van der Waals surface area contributed by atoms with Crippen LogP contribution in [0.5, 0.6) is 0 Å². The van der Waals surface area contributed by atoms with E-state index in [2.05, 4.69) is 20.9 Å². The number of hydrogen-bond acceptors (Lipinski definition) is 5. The third kappa shape index (κ3) is 4.33. The molecule has 0 aliphatic rings. The van der Waals surface area contributed by atoms with Gasteiger partial charge in [-0.2, -0.15) is 0 Å². The van der Waals surface area contributed by atoms with E-state index < -0.39 is 4.92 Å². The van der Waals surface area contributed by atoms with Gasteiger partial charge in [0.1, 0.15) is 0 Å². The van der Waals surface area contributed by atoms with E-state index >= 15 is 0 Å². The van der Waals surface area contributed by atoms with Gasteiger partial charge in [0.05, 0.1) is 21.6 Å². The van der Waals surface area contributed by atoms with E-state index in [9.17, 15) is 14.9 Å². The Labute approximate surface area is 194 Å². The van der Waals surface area contributed by atoms with Gasteiger partial charge in [0.25, 0.3) is 5.69 Å². The monoisotopic (exact) mass is 449 g/mol. The second kappa shape index (κ2) is 8.87. The molecule has 0 bridgehead atoms. The van der Waals surface area contributed by atoms with Gasteiger partial charge < -0.3 is 16.0 Å². The van der Waals surface area contributed by atoms with E-state index in [-0.39, 0.29) is 11.7 Å². The van der Waals surface area contributed by atoms with E-state index in [1.54, 1.807) is 18.2 Å². The minimum absolute atomic E-state index is 0.00885. The summed E-state index contributed by atoms with van der Waals surface area (Å²) in [6.45, 7) is 0. The number of anilines is 4. The molecule has 3 N–H and O–H groups in total. The van der Waals surface area contributed by atoms with Gasteiger partial charge in [0.15, 0.2) is 0 Å². The maximum atomic E-state index is 12.2. The van der Waals surface area contributed by atoms with Gasteiger partial charge in [-0.15, -0.1) is 0 Å². The summed E-state index contributed by atoms with van der Waals surface area (Å²) in [6, 6.07) is 28.4. The van der Waals surface area contributed by atoms with Crippen molar-refractivity contribution in [2.45, 2.75) is 0 Å². The second-order valence-electron chi connectivity index (χ2n) is 7.61. The molecule has 2 amide bonds. The predicted octanol–water partition coefficient (Wildman–Crippen LogP) is 6.68. The molecule has 34 heavy (non-hydrogen) atoms. The summed E-state index contributed by atoms with van der Waals surface area (Å²) >= 11 is 0. The number of amides is 2. The van der Waals surface area contributed by atoms with Crippen molar-refractivity contribution in [2.24, 2.45) is 0 Å². The molecule has 5 rings (SSSR count). The van der Waals surface area contributed by atoms with Crippen LogP contribution in [0.2, 0.25) is 0 Å². The number of carbonyl (C=O) groups excluding carboxylic acids is 1. The Morgan fingerprint density at radius 3 is 2.06 bits per heavy atom. The summed E-state index contributed by atoms with van der Waals surface area (Å²) < 4.78 is 0. The minimum atomic E-state index is -0.427. The standard InChI is InChI=1S/C26H19N5O3/c32-26(28-17-6-2-1-3-7-17)29-19-12-10-18(11-13-19)27-25-21-8-4-5-9-23(21)30-24-16-20(31(33)34)14-15-22(24)25/h1-16H,(H,27,30)(H2,28,29,32). The molecule has 0 atom stereocenters. The lowest BCUT2D eigenvalue weighted by Gasteiger charge is -2.14. The van der Waals surface area contributed by atoms with E-state index in [1.165, 1.54) is 12.1 Å². The Balaban J connectivity index is 1.42. The molecule has 1 aromatic heterocycles. The molecule has 166 valence electrons. The normalized spacial score (nSPS) is 10.7. The van der Waals surface area contributed by atoms with Crippen LogP contribution < -0.4 is 16.0 Å². The molecular weight excluding hydrogens is 430 g/mol. The first kappa shape index (κ1) is 20.9. The molecule has 0 saturated carbocycles. The lowest BCUT2D eigenvalue weighted by atomic mass is 10.1. The van der Waals surface area contributed by atoms with Gasteiger partial charge in [0, 0.05) is 40.0 Å². The number of hydrogen-bond donors (Lipinski definition) is 3. The molecule has 8 heteroatoms. The average molecular weight is 449 g/mol. The van der Waals surface area contributed by atoms with Crippen molar-refractivity contribution in [3.63, 3.8) is 0 Å². The zero-order chi connectivity index (χ0) is 23.5. The van der Waals surface area contributed by atoms with Crippen LogP contribution in [0, 0.1) is 10.1 Å². The SMILES string of the molecule is O=C(Nc1ccccc1)Nc1ccc(Nc2c3ccccc3nc3cc([N+](=O)[O-])ccc23)cc1. The zero-order valence-electron chi connectivity index (χ0n) is 17.9. The molecule has 0 spiro atoms. The minimum Gasteiger partial charge on any atom is -0.354 e. The van der Waals surface area contributed by atoms with Crippen molar-refractivity contribution >= 4 is 56.3 Å². The first-order valence-corrected chi connectivity index (χ1v) is 10.5. The van der Waals surface area contributed by atoms with Crippen molar-refractivity contribution in [3.8, 4) is 0 Å². The summed E-state index contributed by atoms with van der Waals surface area (Å²) in [5, 5.41) is 21.9. The van der Waals surface area contributed by atoms with Crippen LogP contribution in [0.3, 0.4) is 0 Å². The number of rotatable bonds is 5. The summed E-state index contributed by atoms with van der Waals surface area (Å²) in [5.74, 6) is 0. The van der Waals surface area contributed by atoms with Crippen molar-refractivity contribution < 1.29 is 9.72 Å². The molecule has 0 unspecified atom stereocenters. The molecular formula is C26H19N5O3. The van der Waals surface area contributed by atoms with Gasteiger partial charge in [-0.05, 0) is 48.5 Å². The molecule has 0 aliphatic carbocycles. The van der Waals surface area contributed by atoms with Crippen LogP contribution in [0.25, 0.3) is 21.8 Å². The first-order chi connectivity index (χ1) is 16.6. The van der Waals surface area contributed by atoms with Gasteiger partial charge in [-0.1, -0.05) is 36.4 Å². The molecule has 0 aliphatic heterocycles. The Morgan fingerprint density at radius 2 is 1.32 bits per heavy atom. The molecule has 4 aromatic carbocycles. The number of nitrogens with zero attached hydrogens (tertiary/aromatic N) is 2. The number of nitro benzene ring substituents is 1. The number of non-ortho nitro benzene ring substituents is 1. The topological polar surface area (TPSA) is 109 Å². The smallest absolute Gasteiger partial charge is 0.323 e. The van der Waals surface area contributed by atoms with Crippen molar-refractivity contribution in [1.82, 2.24) is 4.98 Å². The highest BCUT2D eigenvalue weighted by Crippen LogP contribution is 2.34. The third-order valence-corrected chi connectivity index (χ3v) is 5.32. The van der Waals surface area contributed by atoms with E-state index in [0.717, 1.165) is 27.7 Å². The van der Waals surface area contributed by atoms with Gasteiger partial charge in [-0.3, -0.25) is 10.1 Å². The van der Waals surface area contributed by atoms with Crippen LogP contribution in [-0.4, -0.2) is 15.9 Å². The Morgan fingerprint density at radius 1 is 0.706 bits per heavy atom. The molecule has 0 radical (unpaired) electrons. The summed E-state index contributed by atoms with van der Waals surface area (Å²) in [6.07, 6.45) is 0. The Kier molecular flexibility index (Phi) is 5.45. The van der Waals surface area contributed by atoms with E-state index in [0.29, 0.717) is 16.9 Å². The number of para-hydroxylation sites is 2. The zero-order valence-corrected chi connectivity index (χ0v) is 17.9. The first-order valence-electron chi connectivity index (χ1n) is 10.5. The van der Waals surface area contributed by atoms with E-state index in [1.807, 2.05) is 66.7 Å². The second-order valence-corrected chi connectivity index (χ2v) is 7.61. The lowest BCUT2D eigenvalue weighted by molar-refractivity contribution is -0.384. The number of pyridine rings is 1. The van der Waals surface area contributed by atoms with Crippen LogP contribution in [0.15, 0.2) is 97.1 Å². The number of urea groups is 1. The highest BCUT2D eigenvalue weighted by Gasteiger charge is 2.13. The van der Waals surface area contributed by atoms with Crippen molar-refractivity contribution in [3.05, 3.63) is 107 Å². The third-order valence-electron chi connectivity index (χ3n) is 5.32. The van der Waals surface area contributed by atoms with Crippen LogP contribution in [-0.2, 0) is 0 Å². The van der Waals surface area contributed by atoms with Crippen LogP contribution in [0.4, 0.5) is 33.2 Å². The molecule has 5 aromatic rings. The number of nitrogens with one attached hydrogen (secondary N) is 3. The number of fused-ring (bicyclic) bond motifs is 2. The number of nitro groups is 1. The lowest BCUT2D eigenvalue weighted by Crippen LogP contribution is -2.19. The quantitative estimate of drug-likeness (QED) is 0.157. The number of benzene rings is 4. The summed E-state index contributed by atoms with van der Waals surface area (Å²) in [4.78, 5) is 27.6. The maximum Gasteiger partial charge on any atom is 0.323 e. The molecule has 8 nitrogen and oxygen atoms in total. The summed E-state index contributed by atoms with van der Waals surface area (Å²) in [5.41, 5.74) is 4.20. The number of carbonyl (C=O) groups is 1. The number of aromatic nitrogens is 1. The van der Waals surface area contributed by atoms with Gasteiger partial charge in [-0.25, -0.2) is 9.78 Å². The Hall–Kier alpha value is -4.98. The highest BCUT2D eigenvalue weighted by molar-refractivity contribution is 6.09. The summed E-state index contributed by atoms with van der Waals surface area (Å²) in [7, 11) is 0. The average Bonchev–Trinajstić information content (AvgIpc) is 2.85. The molecule has 0 fully saturated rings. The van der Waals surface area contributed by atoms with Crippen molar-refractivity contribution in [1.29, 1.82) is 0 Å². The van der Waals surface area contributed by atoms with E-state index in [4.69, 9.17) is 0 Å². The molecule has 0 saturated heterocycles. The fourth-order valence-electron chi connectivity index (χ4n) is 3.73. The highest BCUT2D eigenvalue weighted by atomic mass is 16.6. The van der Waals surface area contributed by atoms with Gasteiger partial charge in [0.2, 0.25) is 0 Å². The van der Waals surface area contributed by atoms with Crippen LogP contribution >= 0.6 is 0 Å². The largest absolute Gasteiger partial charge is 0.354 e. The molecule has 1 heterocycles. The fourth-order valence-corrected chi connectivity index (χ4v) is 3.73. The Bertz CT molecular complexity index is 1520. The fraction of sp³-hybridized carbons (Fsp3) is 0. The van der Waals surface area contributed by atoms with Gasteiger partial charge >= 0.3 is 6.03 Å².